The Bertz CT molecular complexity index is 850. The highest BCUT2D eigenvalue weighted by Gasteiger charge is 2.39. The van der Waals surface area contributed by atoms with Gasteiger partial charge >= 0.3 is 6.09 Å². The summed E-state index contributed by atoms with van der Waals surface area (Å²) in [5.74, 6) is -0.544. The number of carbonyl (C=O) groups excluding carboxylic acids is 3. The molecule has 1 aromatic carbocycles. The largest absolute Gasteiger partial charge is 0.508 e. The lowest BCUT2D eigenvalue weighted by Gasteiger charge is -2.43. The van der Waals surface area contributed by atoms with E-state index >= 15 is 0 Å². The number of ether oxygens (including phenoxy) is 1. The molecule has 2 rings (SSSR count). The maximum Gasteiger partial charge on any atom is 0.408 e. The average molecular weight is 448 g/mol. The van der Waals surface area contributed by atoms with Gasteiger partial charge in [0.15, 0.2) is 0 Å². The number of alkyl carbamates (subject to hydrolysis) is 1. The molecule has 3 amide bonds. The summed E-state index contributed by atoms with van der Waals surface area (Å²) in [6.45, 7) is 12.3. The average Bonchev–Trinajstić information content (AvgIpc) is 2.57. The highest BCUT2D eigenvalue weighted by Crippen LogP contribution is 2.34. The standard InChI is InChI=1S/C24H37N3O5/c1-15-13-16(11-12-18(15)28)20(21(30)26-23(2,3)4)27(17-9-8-10-17)19(29)14-25-22(31)32-24(5,6)7/h11-13,17,20,28H,8-10,14H2,1-7H3,(H,25,31)(H,26,30). The summed E-state index contributed by atoms with van der Waals surface area (Å²) in [5.41, 5.74) is 0.0488. The molecule has 0 aromatic heterocycles. The van der Waals surface area contributed by atoms with Crippen molar-refractivity contribution in [2.45, 2.75) is 91.0 Å². The fourth-order valence-corrected chi connectivity index (χ4v) is 3.50. The molecule has 1 aliphatic rings. The van der Waals surface area contributed by atoms with Crippen LogP contribution >= 0.6 is 0 Å². The summed E-state index contributed by atoms with van der Waals surface area (Å²) >= 11 is 0. The van der Waals surface area contributed by atoms with Crippen molar-refractivity contribution in [1.29, 1.82) is 0 Å². The van der Waals surface area contributed by atoms with Gasteiger partial charge in [-0.15, -0.1) is 0 Å². The molecule has 1 unspecified atom stereocenters. The Morgan fingerprint density at radius 1 is 1.16 bits per heavy atom. The van der Waals surface area contributed by atoms with Crippen molar-refractivity contribution >= 4 is 17.9 Å². The zero-order chi connectivity index (χ0) is 24.3. The van der Waals surface area contributed by atoms with Gasteiger partial charge in [0, 0.05) is 11.6 Å². The number of phenols is 1. The molecule has 0 heterocycles. The van der Waals surface area contributed by atoms with E-state index in [1.807, 2.05) is 20.8 Å². The Kier molecular flexibility index (Phi) is 7.80. The Morgan fingerprint density at radius 2 is 1.78 bits per heavy atom. The molecule has 1 aromatic rings. The predicted octanol–water partition coefficient (Wildman–Crippen LogP) is 3.56. The van der Waals surface area contributed by atoms with Crippen molar-refractivity contribution in [2.75, 3.05) is 6.54 Å². The lowest BCUT2D eigenvalue weighted by Crippen LogP contribution is -2.55. The number of aromatic hydroxyl groups is 1. The third-order valence-corrected chi connectivity index (χ3v) is 5.10. The summed E-state index contributed by atoms with van der Waals surface area (Å²) in [7, 11) is 0. The SMILES string of the molecule is Cc1cc(C(C(=O)NC(C)(C)C)N(C(=O)CNC(=O)OC(C)(C)C)C2CCC2)ccc1O. The lowest BCUT2D eigenvalue weighted by atomic mass is 9.88. The first-order valence-electron chi connectivity index (χ1n) is 11.1. The third kappa shape index (κ3) is 7.14. The van der Waals surface area contributed by atoms with E-state index in [0.29, 0.717) is 11.1 Å². The van der Waals surface area contributed by atoms with Crippen LogP contribution in [0.3, 0.4) is 0 Å². The van der Waals surface area contributed by atoms with E-state index in [1.54, 1.807) is 44.7 Å². The number of aryl methyl sites for hydroxylation is 1. The number of nitrogens with one attached hydrogen (secondary N) is 2. The van der Waals surface area contributed by atoms with E-state index < -0.39 is 23.3 Å². The van der Waals surface area contributed by atoms with E-state index in [0.717, 1.165) is 19.3 Å². The minimum Gasteiger partial charge on any atom is -0.508 e. The van der Waals surface area contributed by atoms with Crippen molar-refractivity contribution in [1.82, 2.24) is 15.5 Å². The first-order valence-corrected chi connectivity index (χ1v) is 11.1. The number of benzene rings is 1. The molecule has 32 heavy (non-hydrogen) atoms. The smallest absolute Gasteiger partial charge is 0.408 e. The van der Waals surface area contributed by atoms with Crippen LogP contribution in [0.5, 0.6) is 5.75 Å². The van der Waals surface area contributed by atoms with Crippen molar-refractivity contribution in [3.05, 3.63) is 29.3 Å². The molecule has 1 aliphatic carbocycles. The molecule has 1 fully saturated rings. The van der Waals surface area contributed by atoms with Gasteiger partial charge in [0.05, 0.1) is 0 Å². The van der Waals surface area contributed by atoms with Crippen LogP contribution in [0, 0.1) is 6.92 Å². The van der Waals surface area contributed by atoms with Crippen LogP contribution in [0.25, 0.3) is 0 Å². The van der Waals surface area contributed by atoms with Gasteiger partial charge in [0.2, 0.25) is 11.8 Å². The molecule has 8 nitrogen and oxygen atoms in total. The minimum atomic E-state index is -0.883. The predicted molar refractivity (Wildman–Crippen MR) is 122 cm³/mol. The van der Waals surface area contributed by atoms with E-state index in [-0.39, 0.29) is 30.2 Å². The summed E-state index contributed by atoms with van der Waals surface area (Å²) in [6.07, 6.45) is 1.86. The number of phenolic OH excluding ortho intramolecular Hbond substituents is 1. The van der Waals surface area contributed by atoms with Gasteiger partial charge in [-0.1, -0.05) is 6.07 Å². The van der Waals surface area contributed by atoms with E-state index in [9.17, 15) is 19.5 Å². The number of nitrogens with zero attached hydrogens (tertiary/aromatic N) is 1. The molecule has 1 saturated carbocycles. The van der Waals surface area contributed by atoms with Crippen molar-refractivity contribution in [3.8, 4) is 5.75 Å². The number of hydrogen-bond acceptors (Lipinski definition) is 5. The summed E-state index contributed by atoms with van der Waals surface area (Å²) in [4.78, 5) is 40.4. The van der Waals surface area contributed by atoms with Crippen molar-refractivity contribution in [3.63, 3.8) is 0 Å². The second-order valence-electron chi connectivity index (χ2n) is 10.4. The molecule has 3 N–H and O–H groups in total. The quantitative estimate of drug-likeness (QED) is 0.618. The molecule has 0 aliphatic heterocycles. The highest BCUT2D eigenvalue weighted by atomic mass is 16.6. The van der Waals surface area contributed by atoms with Crippen molar-refractivity contribution in [2.24, 2.45) is 0 Å². The molecule has 0 spiro atoms. The fraction of sp³-hybridized carbons (Fsp3) is 0.625. The number of hydrogen-bond donors (Lipinski definition) is 3. The van der Waals surface area contributed by atoms with Crippen LogP contribution in [-0.2, 0) is 14.3 Å². The lowest BCUT2D eigenvalue weighted by molar-refractivity contribution is -0.145. The maximum absolute atomic E-state index is 13.4. The van der Waals surface area contributed by atoms with Gasteiger partial charge in [0.25, 0.3) is 0 Å². The molecule has 0 saturated heterocycles. The third-order valence-electron chi connectivity index (χ3n) is 5.10. The maximum atomic E-state index is 13.4. The summed E-state index contributed by atoms with van der Waals surface area (Å²) in [6, 6.07) is 3.93. The van der Waals surface area contributed by atoms with Crippen LogP contribution in [0.4, 0.5) is 4.79 Å². The molecule has 178 valence electrons. The van der Waals surface area contributed by atoms with E-state index in [1.165, 1.54) is 6.07 Å². The van der Waals surface area contributed by atoms with Gasteiger partial charge in [-0.05, 0) is 91.0 Å². The molecule has 0 bridgehead atoms. The first-order chi connectivity index (χ1) is 14.7. The number of rotatable bonds is 6. The van der Waals surface area contributed by atoms with Gasteiger partial charge in [-0.3, -0.25) is 9.59 Å². The minimum absolute atomic E-state index is 0.104. The normalized spacial score (nSPS) is 15.3. The zero-order valence-electron chi connectivity index (χ0n) is 20.2. The second-order valence-corrected chi connectivity index (χ2v) is 10.4. The molecule has 1 atom stereocenters. The highest BCUT2D eigenvalue weighted by molar-refractivity contribution is 5.91. The monoisotopic (exact) mass is 447 g/mol. The zero-order valence-corrected chi connectivity index (χ0v) is 20.2. The topological polar surface area (TPSA) is 108 Å². The molecular weight excluding hydrogens is 410 g/mol. The first kappa shape index (κ1) is 25.5. The van der Waals surface area contributed by atoms with Crippen LogP contribution in [0.2, 0.25) is 0 Å². The van der Waals surface area contributed by atoms with Crippen LogP contribution in [0.1, 0.15) is 78.0 Å². The summed E-state index contributed by atoms with van der Waals surface area (Å²) < 4.78 is 5.23. The van der Waals surface area contributed by atoms with Crippen LogP contribution in [0.15, 0.2) is 18.2 Å². The Hall–Kier alpha value is -2.77. The number of carbonyl (C=O) groups is 3. The number of amides is 3. The van der Waals surface area contributed by atoms with Gasteiger partial charge < -0.3 is 25.4 Å². The van der Waals surface area contributed by atoms with Crippen LogP contribution < -0.4 is 10.6 Å². The molecule has 8 heteroatoms. The van der Waals surface area contributed by atoms with Crippen LogP contribution in [-0.4, -0.2) is 51.6 Å². The molecule has 0 radical (unpaired) electrons. The fourth-order valence-electron chi connectivity index (χ4n) is 3.50. The van der Waals surface area contributed by atoms with E-state index in [2.05, 4.69) is 10.6 Å². The van der Waals surface area contributed by atoms with Gasteiger partial charge in [-0.2, -0.15) is 0 Å². The van der Waals surface area contributed by atoms with E-state index in [4.69, 9.17) is 4.74 Å². The van der Waals surface area contributed by atoms with Gasteiger partial charge in [0.1, 0.15) is 23.9 Å². The second kappa shape index (κ2) is 9.79. The Balaban J connectivity index is 2.35. The Labute approximate surface area is 190 Å². The Morgan fingerprint density at radius 3 is 2.25 bits per heavy atom. The van der Waals surface area contributed by atoms with Crippen molar-refractivity contribution < 1.29 is 24.2 Å². The molecular formula is C24H37N3O5. The summed E-state index contributed by atoms with van der Waals surface area (Å²) in [5, 5.41) is 15.5. The van der Waals surface area contributed by atoms with Gasteiger partial charge in [-0.25, -0.2) is 4.79 Å².